The molecule has 1 aromatic heterocycles. The van der Waals surface area contributed by atoms with Crippen LogP contribution in [0.5, 0.6) is 11.5 Å². The predicted molar refractivity (Wildman–Crippen MR) is 156 cm³/mol. The molecule has 0 aliphatic heterocycles. The number of benzene rings is 4. The van der Waals surface area contributed by atoms with Crippen molar-refractivity contribution in [3.63, 3.8) is 0 Å². The molecule has 6 rings (SSSR count). The minimum absolute atomic E-state index is 0.154. The van der Waals surface area contributed by atoms with Crippen LogP contribution in [0.15, 0.2) is 94.8 Å². The number of rotatable bonds is 7. The van der Waals surface area contributed by atoms with Gasteiger partial charge in [0.25, 0.3) is 5.56 Å². The van der Waals surface area contributed by atoms with Gasteiger partial charge in [-0.1, -0.05) is 79.9 Å². The largest absolute Gasteiger partial charge is 0.493 e. The summed E-state index contributed by atoms with van der Waals surface area (Å²) < 4.78 is 13.5. The molecule has 1 heterocycles. The van der Waals surface area contributed by atoms with Gasteiger partial charge in [-0.2, -0.15) is 9.78 Å². The quantitative estimate of drug-likeness (QED) is 0.217. The lowest BCUT2D eigenvalue weighted by molar-refractivity contribution is 0.285. The van der Waals surface area contributed by atoms with E-state index in [1.807, 2.05) is 60.7 Å². The Morgan fingerprint density at radius 1 is 0.897 bits per heavy atom. The molecule has 1 aliphatic rings. The number of nitrogens with zero attached hydrogens (tertiary/aromatic N) is 3. The molecule has 6 nitrogen and oxygen atoms in total. The van der Waals surface area contributed by atoms with Crippen molar-refractivity contribution in [2.75, 3.05) is 7.11 Å². The van der Waals surface area contributed by atoms with Crippen LogP contribution in [0.2, 0.25) is 0 Å². The van der Waals surface area contributed by atoms with E-state index in [0.29, 0.717) is 23.5 Å². The van der Waals surface area contributed by atoms with Crippen LogP contribution in [0, 0.1) is 0 Å². The van der Waals surface area contributed by atoms with Gasteiger partial charge in [0, 0.05) is 11.5 Å². The highest BCUT2D eigenvalue weighted by atomic mass is 16.5. The Balaban J connectivity index is 1.39. The first-order chi connectivity index (χ1) is 19.2. The molecule has 0 amide bonds. The molecular formula is C33H31N3O3. The monoisotopic (exact) mass is 517 g/mol. The zero-order valence-corrected chi connectivity index (χ0v) is 22.0. The molecule has 0 atom stereocenters. The molecule has 1 saturated carbocycles. The van der Waals surface area contributed by atoms with Gasteiger partial charge in [-0.15, -0.1) is 0 Å². The van der Waals surface area contributed by atoms with Crippen LogP contribution in [0.25, 0.3) is 21.7 Å². The van der Waals surface area contributed by atoms with Crippen molar-refractivity contribution in [2.24, 2.45) is 5.10 Å². The minimum atomic E-state index is -0.154. The first-order valence-corrected chi connectivity index (χ1v) is 13.6. The van der Waals surface area contributed by atoms with Gasteiger partial charge in [0.05, 0.1) is 24.2 Å². The second kappa shape index (κ2) is 11.1. The van der Waals surface area contributed by atoms with Crippen molar-refractivity contribution >= 4 is 27.9 Å². The normalized spacial score (nSPS) is 14.3. The SMILES string of the molecule is COc1cccc(C=Nn2c(C3CCCCC3)nc3ccccc3c2=O)c1OCc1cccc2ccccc12. The summed E-state index contributed by atoms with van der Waals surface area (Å²) in [7, 11) is 1.62. The first-order valence-electron chi connectivity index (χ1n) is 13.6. The zero-order chi connectivity index (χ0) is 26.6. The van der Waals surface area contributed by atoms with Gasteiger partial charge in [-0.25, -0.2) is 4.98 Å². The molecule has 1 fully saturated rings. The highest BCUT2D eigenvalue weighted by molar-refractivity contribution is 5.86. The van der Waals surface area contributed by atoms with Crippen LogP contribution in [-0.4, -0.2) is 23.0 Å². The molecule has 196 valence electrons. The van der Waals surface area contributed by atoms with Crippen LogP contribution >= 0.6 is 0 Å². The highest BCUT2D eigenvalue weighted by Gasteiger charge is 2.22. The molecular weight excluding hydrogens is 486 g/mol. The number of para-hydroxylation sites is 2. The molecule has 5 aromatic rings. The molecule has 0 bridgehead atoms. The first kappa shape index (κ1) is 24.9. The second-order valence-electron chi connectivity index (χ2n) is 9.99. The van der Waals surface area contributed by atoms with Gasteiger partial charge in [0.15, 0.2) is 11.5 Å². The third-order valence-electron chi connectivity index (χ3n) is 7.54. The second-order valence-corrected chi connectivity index (χ2v) is 9.99. The molecule has 0 N–H and O–H groups in total. The fourth-order valence-corrected chi connectivity index (χ4v) is 5.52. The lowest BCUT2D eigenvalue weighted by Gasteiger charge is -2.22. The molecule has 0 saturated heterocycles. The number of hydrogen-bond acceptors (Lipinski definition) is 5. The molecule has 6 heteroatoms. The number of hydrogen-bond donors (Lipinski definition) is 0. The van der Waals surface area contributed by atoms with Gasteiger partial charge in [-0.05, 0) is 53.4 Å². The summed E-state index contributed by atoms with van der Waals surface area (Å²) in [5.74, 6) is 2.13. The highest BCUT2D eigenvalue weighted by Crippen LogP contribution is 2.33. The van der Waals surface area contributed by atoms with E-state index in [1.54, 1.807) is 13.3 Å². The van der Waals surface area contributed by atoms with Crippen LogP contribution in [0.3, 0.4) is 0 Å². The molecule has 4 aromatic carbocycles. The average molecular weight is 518 g/mol. The van der Waals surface area contributed by atoms with E-state index in [0.717, 1.165) is 53.5 Å². The Morgan fingerprint density at radius 2 is 1.64 bits per heavy atom. The fourth-order valence-electron chi connectivity index (χ4n) is 5.52. The summed E-state index contributed by atoms with van der Waals surface area (Å²) in [6, 6.07) is 27.7. The zero-order valence-electron chi connectivity index (χ0n) is 22.0. The Morgan fingerprint density at radius 3 is 2.49 bits per heavy atom. The number of aromatic nitrogens is 2. The lowest BCUT2D eigenvalue weighted by Crippen LogP contribution is -2.25. The maximum absolute atomic E-state index is 13.6. The van der Waals surface area contributed by atoms with Gasteiger partial charge >= 0.3 is 0 Å². The van der Waals surface area contributed by atoms with E-state index in [4.69, 9.17) is 19.6 Å². The van der Waals surface area contributed by atoms with E-state index < -0.39 is 0 Å². The standard InChI is InChI=1S/C33H31N3O3/c1-38-30-20-10-15-25(31(30)39-22-26-16-9-14-23-11-5-6-17-27(23)26)21-34-36-32(24-12-3-2-4-13-24)35-29-19-8-7-18-28(29)33(36)37/h5-11,14-21,24H,2-4,12-13,22H2,1H3. The Labute approximate surface area is 227 Å². The molecule has 0 spiro atoms. The minimum Gasteiger partial charge on any atom is -0.493 e. The van der Waals surface area contributed by atoms with Crippen LogP contribution in [0.4, 0.5) is 0 Å². The Bertz CT molecular complexity index is 1710. The summed E-state index contributed by atoms with van der Waals surface area (Å²) in [6.07, 6.45) is 7.21. The molecule has 0 radical (unpaired) electrons. The summed E-state index contributed by atoms with van der Waals surface area (Å²) in [6.45, 7) is 0.368. The summed E-state index contributed by atoms with van der Waals surface area (Å²) in [5.41, 5.74) is 2.37. The van der Waals surface area contributed by atoms with Crippen LogP contribution in [-0.2, 0) is 6.61 Å². The smallest absolute Gasteiger partial charge is 0.282 e. The third-order valence-corrected chi connectivity index (χ3v) is 7.54. The lowest BCUT2D eigenvalue weighted by atomic mass is 9.88. The summed E-state index contributed by atoms with van der Waals surface area (Å²) in [5, 5.41) is 7.60. The van der Waals surface area contributed by atoms with Crippen molar-refractivity contribution in [1.29, 1.82) is 0 Å². The third kappa shape index (κ3) is 5.02. The van der Waals surface area contributed by atoms with Crippen LogP contribution < -0.4 is 15.0 Å². The number of fused-ring (bicyclic) bond motifs is 2. The van der Waals surface area contributed by atoms with Crippen molar-refractivity contribution in [3.8, 4) is 11.5 Å². The summed E-state index contributed by atoms with van der Waals surface area (Å²) in [4.78, 5) is 18.5. The van der Waals surface area contributed by atoms with E-state index in [1.165, 1.54) is 16.5 Å². The van der Waals surface area contributed by atoms with Crippen LogP contribution in [0.1, 0.15) is 55.0 Å². The summed E-state index contributed by atoms with van der Waals surface area (Å²) >= 11 is 0. The van der Waals surface area contributed by atoms with Crippen molar-refractivity contribution < 1.29 is 9.47 Å². The molecule has 39 heavy (non-hydrogen) atoms. The van der Waals surface area contributed by atoms with Gasteiger partial charge in [0.1, 0.15) is 12.4 Å². The Kier molecular flexibility index (Phi) is 7.09. The maximum Gasteiger partial charge on any atom is 0.282 e. The van der Waals surface area contributed by atoms with Gasteiger partial charge < -0.3 is 9.47 Å². The van der Waals surface area contributed by atoms with Crippen molar-refractivity contribution in [2.45, 2.75) is 44.6 Å². The van der Waals surface area contributed by atoms with E-state index >= 15 is 0 Å². The molecule has 1 aliphatic carbocycles. The maximum atomic E-state index is 13.6. The topological polar surface area (TPSA) is 65.7 Å². The number of ether oxygens (including phenoxy) is 2. The average Bonchev–Trinajstić information content (AvgIpc) is 3.00. The van der Waals surface area contributed by atoms with E-state index in [-0.39, 0.29) is 11.5 Å². The van der Waals surface area contributed by atoms with Crippen molar-refractivity contribution in [1.82, 2.24) is 9.66 Å². The number of methoxy groups -OCH3 is 1. The van der Waals surface area contributed by atoms with Gasteiger partial charge in [0.2, 0.25) is 0 Å². The van der Waals surface area contributed by atoms with E-state index in [9.17, 15) is 4.79 Å². The molecule has 0 unspecified atom stereocenters. The van der Waals surface area contributed by atoms with E-state index in [2.05, 4.69) is 24.3 Å². The Hall–Kier alpha value is -4.45. The van der Waals surface area contributed by atoms with Gasteiger partial charge in [-0.3, -0.25) is 4.79 Å². The van der Waals surface area contributed by atoms with Crippen molar-refractivity contribution in [3.05, 3.63) is 112 Å². The predicted octanol–water partition coefficient (Wildman–Crippen LogP) is 7.07. The fraction of sp³-hybridized carbons (Fsp3) is 0.242.